The first kappa shape index (κ1) is 13.4. The van der Waals surface area contributed by atoms with Gasteiger partial charge in [0, 0.05) is 5.75 Å². The number of hydrogen-bond donors (Lipinski definition) is 2. The summed E-state index contributed by atoms with van der Waals surface area (Å²) in [4.78, 5) is 15.7. The Morgan fingerprint density at radius 1 is 1.72 bits per heavy atom. The summed E-state index contributed by atoms with van der Waals surface area (Å²) in [5.41, 5.74) is -0.838. The number of nitrogens with one attached hydrogen (secondary N) is 1. The van der Waals surface area contributed by atoms with Gasteiger partial charge in [-0.15, -0.1) is 0 Å². The van der Waals surface area contributed by atoms with E-state index in [0.29, 0.717) is 11.0 Å². The number of carbonyl (C=O) groups is 1. The van der Waals surface area contributed by atoms with Crippen molar-refractivity contribution in [2.24, 2.45) is 5.92 Å². The van der Waals surface area contributed by atoms with Crippen LogP contribution in [0.1, 0.15) is 26.2 Å². The van der Waals surface area contributed by atoms with Crippen molar-refractivity contribution in [2.45, 2.75) is 36.9 Å². The SMILES string of the molecule is CCCNC(CSc1ncco1)(C(=O)O)C1CC1. The maximum atomic E-state index is 11.6. The van der Waals surface area contributed by atoms with Gasteiger partial charge in [0.05, 0.1) is 6.20 Å². The highest BCUT2D eigenvalue weighted by molar-refractivity contribution is 7.99. The first-order chi connectivity index (χ1) is 8.69. The van der Waals surface area contributed by atoms with Crippen LogP contribution in [0, 0.1) is 5.92 Å². The van der Waals surface area contributed by atoms with Crippen molar-refractivity contribution in [1.29, 1.82) is 0 Å². The molecule has 1 unspecified atom stereocenters. The van der Waals surface area contributed by atoms with Crippen LogP contribution < -0.4 is 5.32 Å². The molecule has 1 aliphatic rings. The quantitative estimate of drug-likeness (QED) is 0.704. The summed E-state index contributed by atoms with van der Waals surface area (Å²) >= 11 is 1.36. The molecule has 2 N–H and O–H groups in total. The van der Waals surface area contributed by atoms with Crippen LogP contribution in [-0.4, -0.2) is 33.9 Å². The van der Waals surface area contributed by atoms with Crippen LogP contribution in [0.2, 0.25) is 0 Å². The molecule has 6 heteroatoms. The highest BCUT2D eigenvalue weighted by Crippen LogP contribution is 2.42. The topological polar surface area (TPSA) is 75.4 Å². The minimum absolute atomic E-state index is 0.226. The number of oxazole rings is 1. The number of carboxylic acids is 1. The highest BCUT2D eigenvalue weighted by Gasteiger charge is 2.51. The third-order valence-corrected chi connectivity index (χ3v) is 4.23. The molecule has 0 aromatic carbocycles. The van der Waals surface area contributed by atoms with Gasteiger partial charge in [0.1, 0.15) is 11.8 Å². The molecule has 0 radical (unpaired) electrons. The lowest BCUT2D eigenvalue weighted by molar-refractivity contribution is -0.144. The molecule has 1 saturated carbocycles. The van der Waals surface area contributed by atoms with Gasteiger partial charge in [0.15, 0.2) is 0 Å². The van der Waals surface area contributed by atoms with E-state index >= 15 is 0 Å². The fourth-order valence-corrected chi connectivity index (χ4v) is 3.08. The van der Waals surface area contributed by atoms with Gasteiger partial charge in [-0.25, -0.2) is 4.98 Å². The monoisotopic (exact) mass is 270 g/mol. The molecule has 100 valence electrons. The molecule has 1 aromatic rings. The molecule has 1 atom stereocenters. The normalized spacial score (nSPS) is 18.5. The van der Waals surface area contributed by atoms with Crippen LogP contribution in [-0.2, 0) is 4.79 Å². The van der Waals surface area contributed by atoms with E-state index < -0.39 is 11.5 Å². The molecule has 0 amide bonds. The number of carboxylic acid groups (broad SMARTS) is 1. The van der Waals surface area contributed by atoms with E-state index in [0.717, 1.165) is 25.8 Å². The van der Waals surface area contributed by atoms with Gasteiger partial charge < -0.3 is 14.8 Å². The van der Waals surface area contributed by atoms with Gasteiger partial charge in [-0.2, -0.15) is 0 Å². The van der Waals surface area contributed by atoms with Crippen molar-refractivity contribution in [1.82, 2.24) is 10.3 Å². The van der Waals surface area contributed by atoms with Crippen LogP contribution in [0.15, 0.2) is 22.1 Å². The van der Waals surface area contributed by atoms with E-state index in [-0.39, 0.29) is 5.92 Å². The Hall–Kier alpha value is -1.01. The second-order valence-corrected chi connectivity index (χ2v) is 5.49. The van der Waals surface area contributed by atoms with Gasteiger partial charge in [0.25, 0.3) is 5.22 Å². The first-order valence-electron chi connectivity index (χ1n) is 6.19. The number of nitrogens with zero attached hydrogens (tertiary/aromatic N) is 1. The average Bonchev–Trinajstić information content (AvgIpc) is 3.07. The van der Waals surface area contributed by atoms with Crippen molar-refractivity contribution in [3.05, 3.63) is 12.5 Å². The molecule has 18 heavy (non-hydrogen) atoms. The van der Waals surface area contributed by atoms with Gasteiger partial charge in [0.2, 0.25) is 0 Å². The lowest BCUT2D eigenvalue weighted by Gasteiger charge is -2.30. The average molecular weight is 270 g/mol. The minimum atomic E-state index is -0.838. The van der Waals surface area contributed by atoms with Crippen LogP contribution in [0.4, 0.5) is 0 Å². The zero-order chi connectivity index (χ0) is 13.0. The third-order valence-electron chi connectivity index (χ3n) is 3.18. The fraction of sp³-hybridized carbons (Fsp3) is 0.667. The Morgan fingerprint density at radius 3 is 3.00 bits per heavy atom. The maximum Gasteiger partial charge on any atom is 0.325 e. The summed E-state index contributed by atoms with van der Waals surface area (Å²) in [7, 11) is 0. The van der Waals surface area contributed by atoms with Gasteiger partial charge in [-0.1, -0.05) is 18.7 Å². The molecule has 0 saturated heterocycles. The molecular weight excluding hydrogens is 252 g/mol. The zero-order valence-electron chi connectivity index (χ0n) is 10.4. The molecule has 5 nitrogen and oxygen atoms in total. The smallest absolute Gasteiger partial charge is 0.325 e. The summed E-state index contributed by atoms with van der Waals surface area (Å²) < 4.78 is 5.14. The summed E-state index contributed by atoms with van der Waals surface area (Å²) in [6.07, 6.45) is 5.96. The van der Waals surface area contributed by atoms with Crippen LogP contribution in [0.3, 0.4) is 0 Å². The maximum absolute atomic E-state index is 11.6. The van der Waals surface area contributed by atoms with Crippen molar-refractivity contribution in [3.8, 4) is 0 Å². The number of rotatable bonds is 8. The predicted molar refractivity (Wildman–Crippen MR) is 68.6 cm³/mol. The largest absolute Gasteiger partial charge is 0.480 e. The molecule has 1 fully saturated rings. The second-order valence-electron chi connectivity index (χ2n) is 4.56. The van der Waals surface area contributed by atoms with Crippen LogP contribution in [0.25, 0.3) is 0 Å². The second kappa shape index (κ2) is 5.75. The summed E-state index contributed by atoms with van der Waals surface area (Å²) in [5.74, 6) is -0.0884. The summed E-state index contributed by atoms with van der Waals surface area (Å²) in [6.45, 7) is 2.75. The first-order valence-corrected chi connectivity index (χ1v) is 7.18. The molecule has 2 rings (SSSR count). The molecule has 1 aromatic heterocycles. The lowest BCUT2D eigenvalue weighted by Crippen LogP contribution is -2.56. The Morgan fingerprint density at radius 2 is 2.50 bits per heavy atom. The van der Waals surface area contributed by atoms with Crippen molar-refractivity contribution in [3.63, 3.8) is 0 Å². The van der Waals surface area contributed by atoms with E-state index in [2.05, 4.69) is 10.3 Å². The van der Waals surface area contributed by atoms with Crippen LogP contribution in [0.5, 0.6) is 0 Å². The van der Waals surface area contributed by atoms with Crippen molar-refractivity contribution >= 4 is 17.7 Å². The third kappa shape index (κ3) is 2.87. The standard InChI is InChI=1S/C12H18N2O3S/c1-2-5-14-12(10(15)16,9-3-4-9)8-18-11-13-6-7-17-11/h6-7,9,14H,2-5,8H2,1H3,(H,15,16). The number of aliphatic carboxylic acids is 1. The molecule has 0 spiro atoms. The lowest BCUT2D eigenvalue weighted by atomic mass is 9.95. The predicted octanol–water partition coefficient (Wildman–Crippen LogP) is 2.00. The molecule has 1 heterocycles. The van der Waals surface area contributed by atoms with Gasteiger partial charge >= 0.3 is 5.97 Å². The molecule has 1 aliphatic carbocycles. The van der Waals surface area contributed by atoms with Gasteiger partial charge in [-0.05, 0) is 31.7 Å². The Kier molecular flexibility index (Phi) is 4.29. The van der Waals surface area contributed by atoms with Gasteiger partial charge in [-0.3, -0.25) is 4.79 Å². The van der Waals surface area contributed by atoms with Crippen molar-refractivity contribution in [2.75, 3.05) is 12.3 Å². The van der Waals surface area contributed by atoms with Crippen LogP contribution >= 0.6 is 11.8 Å². The van der Waals surface area contributed by atoms with Crippen molar-refractivity contribution < 1.29 is 14.3 Å². The molecular formula is C12H18N2O3S. The zero-order valence-corrected chi connectivity index (χ0v) is 11.2. The van der Waals surface area contributed by atoms with E-state index in [1.165, 1.54) is 18.0 Å². The van der Waals surface area contributed by atoms with E-state index in [1.54, 1.807) is 6.20 Å². The van der Waals surface area contributed by atoms with E-state index in [9.17, 15) is 9.90 Å². The Labute approximate surface area is 110 Å². The summed E-state index contributed by atoms with van der Waals surface area (Å²) in [5, 5.41) is 13.3. The number of aromatic nitrogens is 1. The Bertz CT molecular complexity index is 392. The number of hydrogen-bond acceptors (Lipinski definition) is 5. The Balaban J connectivity index is 2.04. The fourth-order valence-electron chi connectivity index (χ4n) is 2.01. The molecule has 0 bridgehead atoms. The summed E-state index contributed by atoms with van der Waals surface area (Å²) in [6, 6.07) is 0. The minimum Gasteiger partial charge on any atom is -0.480 e. The highest BCUT2D eigenvalue weighted by atomic mass is 32.2. The van der Waals surface area contributed by atoms with E-state index in [1.807, 2.05) is 6.92 Å². The molecule has 0 aliphatic heterocycles. The van der Waals surface area contributed by atoms with E-state index in [4.69, 9.17) is 4.42 Å². The number of thioether (sulfide) groups is 1.